The van der Waals surface area contributed by atoms with Crippen molar-refractivity contribution in [1.82, 2.24) is 19.9 Å². The normalized spacial score (nSPS) is 15.0. The van der Waals surface area contributed by atoms with Crippen LogP contribution in [0.25, 0.3) is 10.9 Å². The van der Waals surface area contributed by atoms with Crippen molar-refractivity contribution in [1.29, 1.82) is 0 Å². The Bertz CT molecular complexity index is 1400. The first-order chi connectivity index (χ1) is 16.5. The van der Waals surface area contributed by atoms with Crippen LogP contribution in [0.1, 0.15) is 28.8 Å². The number of anilines is 2. The number of amides is 1. The molecule has 1 aliphatic heterocycles. The van der Waals surface area contributed by atoms with Crippen molar-refractivity contribution < 1.29 is 14.6 Å². The Hall–Kier alpha value is -4.20. The molecule has 8 heteroatoms. The lowest BCUT2D eigenvalue weighted by Gasteiger charge is -2.20. The van der Waals surface area contributed by atoms with E-state index in [4.69, 9.17) is 4.74 Å². The second-order valence-corrected chi connectivity index (χ2v) is 8.85. The van der Waals surface area contributed by atoms with Gasteiger partial charge in [0.05, 0.1) is 17.1 Å². The molecule has 4 aromatic rings. The number of hydrogen-bond acceptors (Lipinski definition) is 7. The van der Waals surface area contributed by atoms with Crippen LogP contribution in [-0.4, -0.2) is 44.5 Å². The Morgan fingerprint density at radius 2 is 1.88 bits per heavy atom. The van der Waals surface area contributed by atoms with Crippen LogP contribution in [0.15, 0.2) is 60.9 Å². The van der Waals surface area contributed by atoms with E-state index in [0.717, 1.165) is 29.0 Å². The number of nitrogens with zero attached hydrogens (tertiary/aromatic N) is 5. The van der Waals surface area contributed by atoms with Crippen LogP contribution < -0.4 is 9.64 Å². The standard InChI is InChI=1S/C26H23N5O3/c1-30(19-6-9-21-17(12-19)15-31(25(21)33)14-16-2-3-16)18-4-7-20(8-5-18)34-26-28-23-13-27-11-10-22(23)24(32)29-26/h4-13,16H,2-3,14-15H2,1H3,(H,28,29,32). The molecule has 0 radical (unpaired) electrons. The lowest BCUT2D eigenvalue weighted by molar-refractivity contribution is 0.0771. The van der Waals surface area contributed by atoms with Crippen molar-refractivity contribution in [2.75, 3.05) is 18.5 Å². The lowest BCUT2D eigenvalue weighted by Crippen LogP contribution is -2.26. The van der Waals surface area contributed by atoms with E-state index >= 15 is 0 Å². The maximum Gasteiger partial charge on any atom is 0.325 e. The highest BCUT2D eigenvalue weighted by atomic mass is 16.5. The van der Waals surface area contributed by atoms with Gasteiger partial charge < -0.3 is 19.6 Å². The van der Waals surface area contributed by atoms with Gasteiger partial charge in [0.25, 0.3) is 5.91 Å². The third-order valence-corrected chi connectivity index (χ3v) is 6.42. The van der Waals surface area contributed by atoms with Crippen LogP contribution >= 0.6 is 0 Å². The predicted octanol–water partition coefficient (Wildman–Crippen LogP) is 4.66. The smallest absolute Gasteiger partial charge is 0.325 e. The highest BCUT2D eigenvalue weighted by Crippen LogP contribution is 2.35. The molecule has 0 spiro atoms. The highest BCUT2D eigenvalue weighted by molar-refractivity contribution is 5.99. The Morgan fingerprint density at radius 3 is 2.68 bits per heavy atom. The van der Waals surface area contributed by atoms with Crippen LogP contribution in [0.4, 0.5) is 11.4 Å². The number of benzene rings is 2. The molecular weight excluding hydrogens is 430 g/mol. The third-order valence-electron chi connectivity index (χ3n) is 6.42. The summed E-state index contributed by atoms with van der Waals surface area (Å²) in [4.78, 5) is 29.1. The molecule has 3 heterocycles. The van der Waals surface area contributed by atoms with Crippen LogP contribution in [0.5, 0.6) is 17.6 Å². The van der Waals surface area contributed by atoms with E-state index < -0.39 is 0 Å². The summed E-state index contributed by atoms with van der Waals surface area (Å²) in [6, 6.07) is 15.3. The average molecular weight is 454 g/mol. The second-order valence-electron chi connectivity index (χ2n) is 8.85. The monoisotopic (exact) mass is 453 g/mol. The summed E-state index contributed by atoms with van der Waals surface area (Å²) >= 11 is 0. The second kappa shape index (κ2) is 7.98. The lowest BCUT2D eigenvalue weighted by atomic mass is 10.1. The molecule has 0 bridgehead atoms. The molecule has 2 aliphatic rings. The van der Waals surface area contributed by atoms with Crippen molar-refractivity contribution in [3.05, 3.63) is 72.1 Å². The van der Waals surface area contributed by atoms with Crippen LogP contribution in [-0.2, 0) is 6.54 Å². The summed E-state index contributed by atoms with van der Waals surface area (Å²) in [7, 11) is 1.99. The number of fused-ring (bicyclic) bond motifs is 2. The van der Waals surface area contributed by atoms with Gasteiger partial charge in [-0.25, -0.2) is 0 Å². The summed E-state index contributed by atoms with van der Waals surface area (Å²) in [6.07, 6.45) is 5.60. The van der Waals surface area contributed by atoms with E-state index in [-0.39, 0.29) is 17.8 Å². The van der Waals surface area contributed by atoms with Gasteiger partial charge in [-0.05, 0) is 72.9 Å². The zero-order valence-electron chi connectivity index (χ0n) is 18.7. The average Bonchev–Trinajstić information content (AvgIpc) is 3.62. The summed E-state index contributed by atoms with van der Waals surface area (Å²) in [5.41, 5.74) is 4.39. The van der Waals surface area contributed by atoms with Crippen molar-refractivity contribution in [3.8, 4) is 17.6 Å². The quantitative estimate of drug-likeness (QED) is 0.454. The number of ether oxygens (including phenoxy) is 1. The molecule has 1 N–H and O–H groups in total. The Kier molecular flexibility index (Phi) is 4.79. The van der Waals surface area contributed by atoms with Gasteiger partial charge >= 0.3 is 6.01 Å². The fourth-order valence-corrected chi connectivity index (χ4v) is 4.32. The molecule has 8 nitrogen and oxygen atoms in total. The van der Waals surface area contributed by atoms with E-state index in [1.54, 1.807) is 18.5 Å². The van der Waals surface area contributed by atoms with E-state index in [9.17, 15) is 9.90 Å². The summed E-state index contributed by atoms with van der Waals surface area (Å²) in [5, 5.41) is 10.6. The SMILES string of the molecule is CN(c1ccc(Oc2nc(O)c3ccncc3n2)cc1)c1ccc2c(c1)CN(CC1CC1)C2=O. The number of hydrogen-bond donors (Lipinski definition) is 1. The zero-order valence-corrected chi connectivity index (χ0v) is 18.7. The first-order valence-corrected chi connectivity index (χ1v) is 11.3. The van der Waals surface area contributed by atoms with E-state index in [2.05, 4.69) is 25.9 Å². The molecule has 1 fully saturated rings. The van der Waals surface area contributed by atoms with Gasteiger partial charge in [0.2, 0.25) is 5.88 Å². The van der Waals surface area contributed by atoms with Crippen LogP contribution in [0, 0.1) is 5.92 Å². The summed E-state index contributed by atoms with van der Waals surface area (Å²) in [5.74, 6) is 1.23. The number of aromatic hydroxyl groups is 1. The van der Waals surface area contributed by atoms with E-state index in [1.807, 2.05) is 48.3 Å². The van der Waals surface area contributed by atoms with Gasteiger partial charge in [-0.15, -0.1) is 0 Å². The third kappa shape index (κ3) is 3.77. The van der Waals surface area contributed by atoms with Crippen molar-refractivity contribution in [3.63, 3.8) is 0 Å². The molecule has 2 aromatic carbocycles. The maximum absolute atomic E-state index is 12.7. The van der Waals surface area contributed by atoms with Crippen molar-refractivity contribution in [2.24, 2.45) is 5.92 Å². The minimum atomic E-state index is -0.149. The highest BCUT2D eigenvalue weighted by Gasteiger charge is 2.32. The first-order valence-electron chi connectivity index (χ1n) is 11.3. The molecule has 1 amide bonds. The van der Waals surface area contributed by atoms with Gasteiger partial charge in [-0.2, -0.15) is 9.97 Å². The van der Waals surface area contributed by atoms with Crippen LogP contribution in [0.2, 0.25) is 0 Å². The van der Waals surface area contributed by atoms with Crippen molar-refractivity contribution in [2.45, 2.75) is 19.4 Å². The van der Waals surface area contributed by atoms with Gasteiger partial charge in [0.15, 0.2) is 0 Å². The Balaban J connectivity index is 1.18. The number of rotatable bonds is 6. The molecule has 0 atom stereocenters. The summed E-state index contributed by atoms with van der Waals surface area (Å²) < 4.78 is 5.76. The number of carbonyl (C=O) groups is 1. The molecule has 1 aliphatic carbocycles. The zero-order chi connectivity index (χ0) is 23.2. The largest absolute Gasteiger partial charge is 0.493 e. The maximum atomic E-state index is 12.7. The first kappa shape index (κ1) is 20.4. The molecule has 0 saturated heterocycles. The topological polar surface area (TPSA) is 91.7 Å². The van der Waals surface area contributed by atoms with Gasteiger partial charge in [0.1, 0.15) is 5.75 Å². The minimum absolute atomic E-state index is 0.0538. The molecule has 0 unspecified atom stereocenters. The fourth-order valence-electron chi connectivity index (χ4n) is 4.32. The summed E-state index contributed by atoms with van der Waals surface area (Å²) in [6.45, 7) is 1.56. The Labute approximate surface area is 196 Å². The minimum Gasteiger partial charge on any atom is -0.493 e. The van der Waals surface area contributed by atoms with Gasteiger partial charge in [-0.3, -0.25) is 9.78 Å². The molecule has 6 rings (SSSR count). The number of carbonyl (C=O) groups excluding carboxylic acids is 1. The predicted molar refractivity (Wildman–Crippen MR) is 127 cm³/mol. The number of aromatic nitrogens is 3. The Morgan fingerprint density at radius 1 is 1.09 bits per heavy atom. The molecule has 1 saturated carbocycles. The molecule has 2 aromatic heterocycles. The van der Waals surface area contributed by atoms with Gasteiger partial charge in [-0.1, -0.05) is 0 Å². The van der Waals surface area contributed by atoms with Gasteiger partial charge in [0, 0.05) is 43.3 Å². The van der Waals surface area contributed by atoms with E-state index in [0.29, 0.717) is 29.1 Å². The molecule has 170 valence electrons. The molecular formula is C26H23N5O3. The van der Waals surface area contributed by atoms with Crippen molar-refractivity contribution >= 4 is 28.2 Å². The van der Waals surface area contributed by atoms with E-state index in [1.165, 1.54) is 12.8 Å². The molecule has 34 heavy (non-hydrogen) atoms. The number of pyridine rings is 1. The van der Waals surface area contributed by atoms with Crippen LogP contribution in [0.3, 0.4) is 0 Å². The fraction of sp³-hybridized carbons (Fsp3) is 0.231.